The van der Waals surface area contributed by atoms with Gasteiger partial charge in [-0.2, -0.15) is 4.98 Å². The van der Waals surface area contributed by atoms with Crippen molar-refractivity contribution in [2.24, 2.45) is 0 Å². The third-order valence-electron chi connectivity index (χ3n) is 4.83. The zero-order chi connectivity index (χ0) is 21.5. The van der Waals surface area contributed by atoms with Crippen molar-refractivity contribution in [2.75, 3.05) is 43.1 Å². The lowest BCUT2D eigenvalue weighted by Crippen LogP contribution is -2.37. The highest BCUT2D eigenvalue weighted by molar-refractivity contribution is 6.03. The maximum absolute atomic E-state index is 12.9. The number of pyridine rings is 1. The Morgan fingerprint density at radius 2 is 2.00 bits per heavy atom. The molecule has 0 spiro atoms. The molecule has 1 aliphatic heterocycles. The minimum Gasteiger partial charge on any atom is -0.477 e. The topological polar surface area (TPSA) is 89.5 Å². The number of nitrogens with one attached hydrogen (secondary N) is 1. The van der Waals surface area contributed by atoms with Gasteiger partial charge >= 0.3 is 0 Å². The van der Waals surface area contributed by atoms with Crippen LogP contribution in [0.3, 0.4) is 0 Å². The number of ether oxygens (including phenoxy) is 2. The fourth-order valence-corrected chi connectivity index (χ4v) is 3.23. The van der Waals surface area contributed by atoms with Crippen molar-refractivity contribution in [3.8, 4) is 5.88 Å². The van der Waals surface area contributed by atoms with Gasteiger partial charge in [-0.3, -0.25) is 9.78 Å². The number of rotatable bonds is 7. The number of amides is 1. The molecule has 160 valence electrons. The summed E-state index contributed by atoms with van der Waals surface area (Å²) in [6.07, 6.45) is 2.40. The Balaban J connectivity index is 1.52. The molecule has 1 amide bonds. The minimum absolute atomic E-state index is 0.255. The van der Waals surface area contributed by atoms with Gasteiger partial charge in [0.25, 0.3) is 5.91 Å². The highest BCUT2D eigenvalue weighted by atomic mass is 16.5. The Morgan fingerprint density at radius 1 is 1.13 bits per heavy atom. The van der Waals surface area contributed by atoms with E-state index in [4.69, 9.17) is 9.47 Å². The lowest BCUT2D eigenvalue weighted by Gasteiger charge is -2.27. The number of anilines is 2. The number of aromatic nitrogens is 3. The van der Waals surface area contributed by atoms with Crippen molar-refractivity contribution in [3.63, 3.8) is 0 Å². The molecule has 1 aromatic carbocycles. The second-order valence-electron chi connectivity index (χ2n) is 7.23. The van der Waals surface area contributed by atoms with E-state index in [-0.39, 0.29) is 11.6 Å². The van der Waals surface area contributed by atoms with Crippen LogP contribution in [0.5, 0.6) is 5.88 Å². The molecule has 3 aromatic rings. The van der Waals surface area contributed by atoms with Gasteiger partial charge in [0, 0.05) is 43.2 Å². The molecule has 31 heavy (non-hydrogen) atoms. The predicted molar refractivity (Wildman–Crippen MR) is 118 cm³/mol. The number of carbonyl (C=O) groups excluding carboxylic acids is 1. The van der Waals surface area contributed by atoms with E-state index >= 15 is 0 Å². The van der Waals surface area contributed by atoms with E-state index in [1.807, 2.05) is 54.3 Å². The first-order chi connectivity index (χ1) is 15.2. The molecule has 8 nitrogen and oxygen atoms in total. The minimum atomic E-state index is -0.308. The monoisotopic (exact) mass is 419 g/mol. The van der Waals surface area contributed by atoms with Crippen LogP contribution in [0.2, 0.25) is 0 Å². The van der Waals surface area contributed by atoms with E-state index in [1.54, 1.807) is 12.3 Å². The number of nitrogens with zero attached hydrogens (tertiary/aromatic N) is 4. The summed E-state index contributed by atoms with van der Waals surface area (Å²) in [5.41, 5.74) is 2.97. The molecule has 3 heterocycles. The second kappa shape index (κ2) is 9.99. The lowest BCUT2D eigenvalue weighted by atomic mass is 10.2. The molecule has 1 aliphatic rings. The number of carbonyl (C=O) groups is 1. The summed E-state index contributed by atoms with van der Waals surface area (Å²) in [4.78, 5) is 28.2. The largest absolute Gasteiger partial charge is 0.477 e. The van der Waals surface area contributed by atoms with Crippen molar-refractivity contribution < 1.29 is 14.3 Å². The number of hydrogen-bond acceptors (Lipinski definition) is 7. The van der Waals surface area contributed by atoms with Crippen LogP contribution >= 0.6 is 0 Å². The Bertz CT molecular complexity index is 1020. The van der Waals surface area contributed by atoms with Gasteiger partial charge in [0.05, 0.1) is 19.8 Å². The molecule has 0 aliphatic carbocycles. The van der Waals surface area contributed by atoms with Crippen molar-refractivity contribution in [2.45, 2.75) is 13.3 Å². The smallest absolute Gasteiger partial charge is 0.274 e. The average molecular weight is 419 g/mol. The molecule has 0 bridgehead atoms. The third kappa shape index (κ3) is 5.76. The van der Waals surface area contributed by atoms with Gasteiger partial charge in [-0.05, 0) is 36.8 Å². The molecule has 1 saturated heterocycles. The van der Waals surface area contributed by atoms with Crippen LogP contribution in [-0.4, -0.2) is 53.8 Å². The predicted octanol–water partition coefficient (Wildman–Crippen LogP) is 2.89. The van der Waals surface area contributed by atoms with E-state index in [0.29, 0.717) is 56.8 Å². The lowest BCUT2D eigenvalue weighted by molar-refractivity contribution is 0.102. The van der Waals surface area contributed by atoms with Crippen LogP contribution in [-0.2, 0) is 11.2 Å². The van der Waals surface area contributed by atoms with Crippen LogP contribution in [0.25, 0.3) is 0 Å². The molecule has 0 atom stereocenters. The number of hydrogen-bond donors (Lipinski definition) is 1. The van der Waals surface area contributed by atoms with Gasteiger partial charge in [0.1, 0.15) is 5.69 Å². The Morgan fingerprint density at radius 3 is 2.77 bits per heavy atom. The van der Waals surface area contributed by atoms with E-state index in [0.717, 1.165) is 11.3 Å². The summed E-state index contributed by atoms with van der Waals surface area (Å²) in [5, 5.41) is 2.90. The van der Waals surface area contributed by atoms with Crippen molar-refractivity contribution >= 4 is 17.5 Å². The summed E-state index contributed by atoms with van der Waals surface area (Å²) in [5.74, 6) is 0.520. The Kier molecular flexibility index (Phi) is 6.68. The summed E-state index contributed by atoms with van der Waals surface area (Å²) in [6.45, 7) is 4.89. The van der Waals surface area contributed by atoms with Gasteiger partial charge in [-0.1, -0.05) is 18.2 Å². The fraction of sp³-hybridized carbons (Fsp3) is 0.304. The maximum Gasteiger partial charge on any atom is 0.274 e. The Hall–Kier alpha value is -3.52. The molecular weight excluding hydrogens is 394 g/mol. The maximum atomic E-state index is 12.9. The van der Waals surface area contributed by atoms with Crippen molar-refractivity contribution in [1.29, 1.82) is 0 Å². The van der Waals surface area contributed by atoms with Gasteiger partial charge in [-0.15, -0.1) is 0 Å². The summed E-state index contributed by atoms with van der Waals surface area (Å²) in [6, 6.07) is 15.0. The first-order valence-electron chi connectivity index (χ1n) is 10.3. The SMILES string of the molecule is Cc1cccc(NC(=O)c2cc(OCCc3ccccn3)nc(N3CCOCC3)n2)c1. The highest BCUT2D eigenvalue weighted by Crippen LogP contribution is 2.19. The number of benzene rings is 1. The molecule has 1 fully saturated rings. The van der Waals surface area contributed by atoms with E-state index in [1.165, 1.54) is 0 Å². The summed E-state index contributed by atoms with van der Waals surface area (Å²) in [7, 11) is 0. The van der Waals surface area contributed by atoms with Crippen LogP contribution in [0.1, 0.15) is 21.7 Å². The molecular formula is C23H25N5O3. The molecule has 2 aromatic heterocycles. The average Bonchev–Trinajstić information content (AvgIpc) is 2.80. The van der Waals surface area contributed by atoms with Crippen molar-refractivity contribution in [3.05, 3.63) is 71.7 Å². The van der Waals surface area contributed by atoms with Crippen LogP contribution < -0.4 is 15.0 Å². The third-order valence-corrected chi connectivity index (χ3v) is 4.83. The molecule has 0 unspecified atom stereocenters. The molecule has 0 radical (unpaired) electrons. The molecule has 4 rings (SSSR count). The van der Waals surface area contributed by atoms with Gasteiger partial charge in [0.2, 0.25) is 11.8 Å². The normalized spacial score (nSPS) is 13.6. The van der Waals surface area contributed by atoms with E-state index in [2.05, 4.69) is 20.3 Å². The van der Waals surface area contributed by atoms with Crippen LogP contribution in [0, 0.1) is 6.92 Å². The zero-order valence-corrected chi connectivity index (χ0v) is 17.5. The van der Waals surface area contributed by atoms with E-state index < -0.39 is 0 Å². The first-order valence-corrected chi connectivity index (χ1v) is 10.3. The second-order valence-corrected chi connectivity index (χ2v) is 7.23. The van der Waals surface area contributed by atoms with Gasteiger partial charge < -0.3 is 19.7 Å². The first kappa shape index (κ1) is 20.7. The molecule has 1 N–H and O–H groups in total. The van der Waals surface area contributed by atoms with Crippen LogP contribution in [0.15, 0.2) is 54.7 Å². The quantitative estimate of drug-likeness (QED) is 0.630. The summed E-state index contributed by atoms with van der Waals surface area (Å²) < 4.78 is 11.3. The van der Waals surface area contributed by atoms with Crippen molar-refractivity contribution in [1.82, 2.24) is 15.0 Å². The fourth-order valence-electron chi connectivity index (χ4n) is 3.23. The molecule has 0 saturated carbocycles. The Labute approximate surface area is 181 Å². The summed E-state index contributed by atoms with van der Waals surface area (Å²) >= 11 is 0. The molecule has 8 heteroatoms. The number of morpholine rings is 1. The number of aryl methyl sites for hydroxylation is 1. The van der Waals surface area contributed by atoms with E-state index in [9.17, 15) is 4.79 Å². The highest BCUT2D eigenvalue weighted by Gasteiger charge is 2.19. The van der Waals surface area contributed by atoms with Crippen LogP contribution in [0.4, 0.5) is 11.6 Å². The van der Waals surface area contributed by atoms with Gasteiger partial charge in [0.15, 0.2) is 0 Å². The zero-order valence-electron chi connectivity index (χ0n) is 17.5. The standard InChI is InChI=1S/C23H25N5O3/c1-17-5-4-7-19(15-17)25-22(29)20-16-21(31-12-8-18-6-2-3-9-24-18)27-23(26-20)28-10-13-30-14-11-28/h2-7,9,15-16H,8,10-14H2,1H3,(H,25,29). The van der Waals surface area contributed by atoms with Gasteiger partial charge in [-0.25, -0.2) is 4.98 Å².